The number of amides is 2. The van der Waals surface area contributed by atoms with E-state index in [-0.39, 0.29) is 18.4 Å². The topological polar surface area (TPSA) is 76.7 Å². The fourth-order valence-electron chi connectivity index (χ4n) is 2.52. The van der Waals surface area contributed by atoms with Crippen molar-refractivity contribution in [2.75, 3.05) is 13.7 Å². The molecule has 6 nitrogen and oxygen atoms in total. The number of ether oxygens (including phenoxy) is 2. The molecule has 0 aliphatic carbocycles. The first-order chi connectivity index (χ1) is 12.9. The lowest BCUT2D eigenvalue weighted by molar-refractivity contribution is -0.124. The zero-order valence-electron chi connectivity index (χ0n) is 17.3. The molecule has 28 heavy (non-hydrogen) atoms. The van der Waals surface area contributed by atoms with Gasteiger partial charge >= 0.3 is 6.09 Å². The molecule has 0 saturated carbocycles. The van der Waals surface area contributed by atoms with Crippen molar-refractivity contribution in [3.8, 4) is 0 Å². The highest BCUT2D eigenvalue weighted by molar-refractivity contribution is 6.42. The van der Waals surface area contributed by atoms with Crippen molar-refractivity contribution in [2.24, 2.45) is 5.92 Å². The SMILES string of the molecule is COC(CNC(=O)C(CC(C)C)NC(=O)OC(C)(C)C)c1ccc(Cl)c(Cl)c1. The van der Waals surface area contributed by atoms with E-state index in [1.54, 1.807) is 46.1 Å². The predicted molar refractivity (Wildman–Crippen MR) is 112 cm³/mol. The van der Waals surface area contributed by atoms with E-state index < -0.39 is 23.8 Å². The van der Waals surface area contributed by atoms with Crippen LogP contribution in [0.3, 0.4) is 0 Å². The first kappa shape index (κ1) is 24.5. The zero-order valence-corrected chi connectivity index (χ0v) is 18.8. The van der Waals surface area contributed by atoms with E-state index in [9.17, 15) is 9.59 Å². The molecule has 0 aromatic heterocycles. The molecule has 8 heteroatoms. The van der Waals surface area contributed by atoms with Gasteiger partial charge in [-0.25, -0.2) is 4.79 Å². The van der Waals surface area contributed by atoms with Gasteiger partial charge in [-0.05, 0) is 50.8 Å². The van der Waals surface area contributed by atoms with Crippen LogP contribution in [0.4, 0.5) is 4.79 Å². The van der Waals surface area contributed by atoms with Crippen LogP contribution >= 0.6 is 23.2 Å². The summed E-state index contributed by atoms with van der Waals surface area (Å²) in [5, 5.41) is 6.34. The van der Waals surface area contributed by atoms with Gasteiger partial charge in [-0.15, -0.1) is 0 Å². The smallest absolute Gasteiger partial charge is 0.408 e. The minimum atomic E-state index is -0.707. The van der Waals surface area contributed by atoms with Crippen LogP contribution in [0, 0.1) is 5.92 Å². The minimum Gasteiger partial charge on any atom is -0.444 e. The van der Waals surface area contributed by atoms with Gasteiger partial charge in [0.2, 0.25) is 5.91 Å². The Balaban J connectivity index is 2.77. The normalized spacial score (nSPS) is 13.8. The number of halogens is 2. The van der Waals surface area contributed by atoms with E-state index in [0.717, 1.165) is 5.56 Å². The molecule has 1 aromatic carbocycles. The highest BCUT2D eigenvalue weighted by Gasteiger charge is 2.26. The Hall–Kier alpha value is -1.50. The second kappa shape index (κ2) is 10.9. The Labute approximate surface area is 177 Å². The van der Waals surface area contributed by atoms with Crippen molar-refractivity contribution in [3.63, 3.8) is 0 Å². The fourth-order valence-corrected chi connectivity index (χ4v) is 2.83. The summed E-state index contributed by atoms with van der Waals surface area (Å²) < 4.78 is 10.7. The van der Waals surface area contributed by atoms with Crippen molar-refractivity contribution >= 4 is 35.2 Å². The molecule has 2 amide bonds. The maximum atomic E-state index is 12.7. The lowest BCUT2D eigenvalue weighted by Crippen LogP contribution is -2.49. The number of carbonyl (C=O) groups excluding carboxylic acids is 2. The number of methoxy groups -OCH3 is 1. The molecule has 0 spiro atoms. The Morgan fingerprint density at radius 1 is 1.14 bits per heavy atom. The summed E-state index contributed by atoms with van der Waals surface area (Å²) in [5.74, 6) is -0.0966. The Morgan fingerprint density at radius 3 is 2.29 bits per heavy atom. The summed E-state index contributed by atoms with van der Waals surface area (Å²) in [4.78, 5) is 24.7. The van der Waals surface area contributed by atoms with Gasteiger partial charge in [0.15, 0.2) is 0 Å². The number of alkyl carbamates (subject to hydrolysis) is 1. The number of nitrogens with one attached hydrogen (secondary N) is 2. The Kier molecular flexibility index (Phi) is 9.54. The fraction of sp³-hybridized carbons (Fsp3) is 0.600. The number of carbonyl (C=O) groups is 2. The van der Waals surface area contributed by atoms with Gasteiger partial charge in [-0.2, -0.15) is 0 Å². The van der Waals surface area contributed by atoms with Crippen molar-refractivity contribution < 1.29 is 19.1 Å². The standard InChI is InChI=1S/C20H30Cl2N2O4/c1-12(2)9-16(24-19(26)28-20(3,4)5)18(25)23-11-17(27-6)13-7-8-14(21)15(22)10-13/h7-8,10,12,16-17H,9,11H2,1-6H3,(H,23,25)(H,24,26). The van der Waals surface area contributed by atoms with E-state index >= 15 is 0 Å². The third kappa shape index (κ3) is 8.67. The van der Waals surface area contributed by atoms with Crippen LogP contribution in [0.2, 0.25) is 10.0 Å². The highest BCUT2D eigenvalue weighted by atomic mass is 35.5. The van der Waals surface area contributed by atoms with Gasteiger partial charge in [-0.3, -0.25) is 4.79 Å². The van der Waals surface area contributed by atoms with Crippen LogP contribution in [0.5, 0.6) is 0 Å². The maximum absolute atomic E-state index is 12.7. The molecule has 0 aliphatic rings. The Morgan fingerprint density at radius 2 is 1.79 bits per heavy atom. The Bertz CT molecular complexity index is 675. The number of hydrogen-bond acceptors (Lipinski definition) is 4. The molecular weight excluding hydrogens is 403 g/mol. The molecule has 0 heterocycles. The average Bonchev–Trinajstić information content (AvgIpc) is 2.55. The monoisotopic (exact) mass is 432 g/mol. The quantitative estimate of drug-likeness (QED) is 0.621. The summed E-state index contributed by atoms with van der Waals surface area (Å²) in [5.41, 5.74) is 0.149. The first-order valence-electron chi connectivity index (χ1n) is 9.18. The average molecular weight is 433 g/mol. The van der Waals surface area contributed by atoms with Gasteiger partial charge in [0.1, 0.15) is 11.6 Å². The van der Waals surface area contributed by atoms with Crippen LogP contribution in [-0.2, 0) is 14.3 Å². The lowest BCUT2D eigenvalue weighted by atomic mass is 10.0. The maximum Gasteiger partial charge on any atom is 0.408 e. The molecule has 0 radical (unpaired) electrons. The summed E-state index contributed by atoms with van der Waals surface area (Å²) in [6.07, 6.45) is -0.545. The van der Waals surface area contributed by atoms with Crippen molar-refractivity contribution in [1.82, 2.24) is 10.6 Å². The van der Waals surface area contributed by atoms with Crippen molar-refractivity contribution in [1.29, 1.82) is 0 Å². The van der Waals surface area contributed by atoms with Crippen LogP contribution in [-0.4, -0.2) is 37.3 Å². The zero-order chi connectivity index (χ0) is 21.5. The molecule has 0 aliphatic heterocycles. The van der Waals surface area contributed by atoms with Crippen LogP contribution in [0.1, 0.15) is 52.7 Å². The van der Waals surface area contributed by atoms with Gasteiger partial charge in [0.05, 0.1) is 16.1 Å². The molecule has 1 aromatic rings. The third-order valence-corrected chi connectivity index (χ3v) is 4.52. The molecule has 2 N–H and O–H groups in total. The van der Waals surface area contributed by atoms with E-state index in [1.165, 1.54) is 0 Å². The van der Waals surface area contributed by atoms with E-state index in [2.05, 4.69) is 10.6 Å². The molecule has 2 unspecified atom stereocenters. The molecule has 2 atom stereocenters. The number of benzene rings is 1. The lowest BCUT2D eigenvalue weighted by Gasteiger charge is -2.25. The molecule has 1 rings (SSSR count). The van der Waals surface area contributed by atoms with Gasteiger partial charge in [0.25, 0.3) is 0 Å². The molecular formula is C20H30Cl2N2O4. The van der Waals surface area contributed by atoms with E-state index in [4.69, 9.17) is 32.7 Å². The second-order valence-corrected chi connectivity index (χ2v) is 8.79. The largest absolute Gasteiger partial charge is 0.444 e. The van der Waals surface area contributed by atoms with Crippen LogP contribution in [0.15, 0.2) is 18.2 Å². The minimum absolute atomic E-state index is 0.207. The third-order valence-electron chi connectivity index (χ3n) is 3.78. The summed E-state index contributed by atoms with van der Waals surface area (Å²) >= 11 is 12.0. The van der Waals surface area contributed by atoms with Crippen LogP contribution < -0.4 is 10.6 Å². The highest BCUT2D eigenvalue weighted by Crippen LogP contribution is 2.26. The molecule has 0 bridgehead atoms. The van der Waals surface area contributed by atoms with Crippen molar-refractivity contribution in [3.05, 3.63) is 33.8 Å². The van der Waals surface area contributed by atoms with Crippen LogP contribution in [0.25, 0.3) is 0 Å². The summed E-state index contributed by atoms with van der Waals surface area (Å²) in [6, 6.07) is 4.47. The van der Waals surface area contributed by atoms with Gasteiger partial charge in [-0.1, -0.05) is 43.1 Å². The van der Waals surface area contributed by atoms with Gasteiger partial charge in [0, 0.05) is 13.7 Å². The first-order valence-corrected chi connectivity index (χ1v) is 9.93. The summed E-state index contributed by atoms with van der Waals surface area (Å²) in [7, 11) is 1.55. The molecule has 158 valence electrons. The molecule has 0 fully saturated rings. The molecule has 0 saturated heterocycles. The van der Waals surface area contributed by atoms with Crippen molar-refractivity contribution in [2.45, 2.75) is 58.8 Å². The second-order valence-electron chi connectivity index (χ2n) is 7.97. The predicted octanol–water partition coefficient (Wildman–Crippen LogP) is 4.74. The summed E-state index contributed by atoms with van der Waals surface area (Å²) in [6.45, 7) is 9.48. The van der Waals surface area contributed by atoms with E-state index in [0.29, 0.717) is 16.5 Å². The van der Waals surface area contributed by atoms with E-state index in [1.807, 2.05) is 13.8 Å². The van der Waals surface area contributed by atoms with Gasteiger partial charge < -0.3 is 20.1 Å². The number of rotatable bonds is 8. The number of hydrogen-bond donors (Lipinski definition) is 2.